The minimum atomic E-state index is -2.57. The van der Waals surface area contributed by atoms with Crippen LogP contribution in [0.1, 0.15) is 26.3 Å². The molecule has 1 unspecified atom stereocenters. The van der Waals surface area contributed by atoms with Gasteiger partial charge in [0.05, 0.1) is 0 Å². The fourth-order valence-corrected chi connectivity index (χ4v) is 2.88. The number of halogens is 2. The Morgan fingerprint density at radius 1 is 1.00 bits per heavy atom. The van der Waals surface area contributed by atoms with Crippen molar-refractivity contribution in [2.75, 3.05) is 7.05 Å². The van der Waals surface area contributed by atoms with Gasteiger partial charge in [0.1, 0.15) is 13.2 Å². The maximum atomic E-state index is 13.0. The summed E-state index contributed by atoms with van der Waals surface area (Å²) >= 11 is 0. The maximum Gasteiger partial charge on any atom is 0.285 e. The molecule has 0 spiro atoms. The summed E-state index contributed by atoms with van der Waals surface area (Å²) in [6.45, 7) is 6.23. The van der Waals surface area contributed by atoms with Crippen LogP contribution in [0.3, 0.4) is 0 Å². The molecule has 0 aliphatic carbocycles. The number of nitrogens with zero attached hydrogens (tertiary/aromatic N) is 2. The van der Waals surface area contributed by atoms with Crippen LogP contribution in [0.5, 0.6) is 0 Å². The van der Waals surface area contributed by atoms with E-state index in [-0.39, 0.29) is 15.7 Å². The van der Waals surface area contributed by atoms with Gasteiger partial charge in [0.2, 0.25) is 0 Å². The average molecular weight is 365 g/mol. The normalized spacial score (nSPS) is 19.0. The van der Waals surface area contributed by atoms with Gasteiger partial charge in [-0.25, -0.2) is 8.78 Å². The standard InChI is InChI=1S/C23H23F2N2/c1-23(2,3)15-13-17-9-11-18(12-10-17)19-7-5-6-8-21(19)27(4)16-14-20(26-27)22(24)25/h5-12,14,16,22H,1-4H3/q+1. The molecule has 0 bridgehead atoms. The molecule has 2 aromatic carbocycles. The fraction of sp³-hybridized carbons (Fsp3) is 0.261. The number of quaternary nitrogens is 1. The highest BCUT2D eigenvalue weighted by atomic mass is 19.3. The Morgan fingerprint density at radius 3 is 2.26 bits per heavy atom. The average Bonchev–Trinajstić information content (AvgIpc) is 3.04. The first-order valence-corrected chi connectivity index (χ1v) is 8.85. The van der Waals surface area contributed by atoms with E-state index < -0.39 is 6.43 Å². The predicted octanol–water partition coefficient (Wildman–Crippen LogP) is 5.84. The van der Waals surface area contributed by atoms with Crippen LogP contribution in [0.15, 0.2) is 65.9 Å². The van der Waals surface area contributed by atoms with Crippen molar-refractivity contribution >= 4 is 11.4 Å². The van der Waals surface area contributed by atoms with E-state index in [0.717, 1.165) is 22.4 Å². The number of alkyl halides is 2. The van der Waals surface area contributed by atoms with Crippen LogP contribution in [-0.2, 0) is 0 Å². The van der Waals surface area contributed by atoms with Crippen LogP contribution < -0.4 is 4.59 Å². The van der Waals surface area contributed by atoms with E-state index in [1.54, 1.807) is 13.2 Å². The molecule has 2 aromatic rings. The Labute approximate surface area is 159 Å². The molecule has 0 amide bonds. The summed E-state index contributed by atoms with van der Waals surface area (Å²) in [6.07, 6.45) is 0.505. The lowest BCUT2D eigenvalue weighted by molar-refractivity contribution is 0.225. The van der Waals surface area contributed by atoms with E-state index in [0.29, 0.717) is 0 Å². The predicted molar refractivity (Wildman–Crippen MR) is 109 cm³/mol. The highest BCUT2D eigenvalue weighted by molar-refractivity contribution is 6.00. The summed E-state index contributed by atoms with van der Waals surface area (Å²) in [5, 5.41) is 4.22. The number of benzene rings is 2. The first kappa shape index (κ1) is 19.0. The second kappa shape index (κ2) is 7.09. The van der Waals surface area contributed by atoms with Gasteiger partial charge in [-0.3, -0.25) is 0 Å². The molecule has 0 radical (unpaired) electrons. The number of hydrogen-bond acceptors (Lipinski definition) is 1. The lowest BCUT2D eigenvalue weighted by Crippen LogP contribution is -2.31. The molecule has 138 valence electrons. The molecule has 4 heteroatoms. The first-order valence-electron chi connectivity index (χ1n) is 8.85. The van der Waals surface area contributed by atoms with E-state index in [1.165, 1.54) is 6.08 Å². The van der Waals surface area contributed by atoms with Gasteiger partial charge in [-0.05, 0) is 44.5 Å². The van der Waals surface area contributed by atoms with Crippen LogP contribution in [0.25, 0.3) is 11.1 Å². The van der Waals surface area contributed by atoms with Crippen LogP contribution >= 0.6 is 0 Å². The summed E-state index contributed by atoms with van der Waals surface area (Å²) < 4.78 is 26.0. The third kappa shape index (κ3) is 4.32. The fourth-order valence-electron chi connectivity index (χ4n) is 2.88. The second-order valence-electron chi connectivity index (χ2n) is 7.76. The van der Waals surface area contributed by atoms with Crippen LogP contribution in [-0.4, -0.2) is 19.2 Å². The van der Waals surface area contributed by atoms with E-state index in [2.05, 4.69) is 37.7 Å². The highest BCUT2D eigenvalue weighted by Gasteiger charge is 2.33. The topological polar surface area (TPSA) is 12.4 Å². The van der Waals surface area contributed by atoms with Gasteiger partial charge >= 0.3 is 0 Å². The minimum Gasteiger partial charge on any atom is -0.203 e. The molecule has 0 aromatic heterocycles. The summed E-state index contributed by atoms with van der Waals surface area (Å²) in [4.78, 5) is 0. The molecule has 1 aliphatic rings. The molecule has 0 saturated carbocycles. The van der Waals surface area contributed by atoms with Crippen molar-refractivity contribution in [2.24, 2.45) is 10.5 Å². The number of allylic oxidation sites excluding steroid dienone is 1. The molecule has 1 aliphatic heterocycles. The van der Waals surface area contributed by atoms with Crippen molar-refractivity contribution in [3.8, 4) is 23.0 Å². The molecule has 0 N–H and O–H groups in total. The Morgan fingerprint density at radius 2 is 1.67 bits per heavy atom. The first-order chi connectivity index (χ1) is 12.7. The third-order valence-corrected chi connectivity index (χ3v) is 4.25. The van der Waals surface area contributed by atoms with E-state index in [4.69, 9.17) is 0 Å². The smallest absolute Gasteiger partial charge is 0.203 e. The molecule has 2 nitrogen and oxygen atoms in total. The van der Waals surface area contributed by atoms with Crippen LogP contribution in [0.4, 0.5) is 14.5 Å². The summed E-state index contributed by atoms with van der Waals surface area (Å²) in [7, 11) is 1.80. The van der Waals surface area contributed by atoms with Crippen molar-refractivity contribution in [2.45, 2.75) is 27.2 Å². The lowest BCUT2D eigenvalue weighted by Gasteiger charge is -2.22. The van der Waals surface area contributed by atoms with E-state index in [9.17, 15) is 8.78 Å². The summed E-state index contributed by atoms with van der Waals surface area (Å²) in [5.74, 6) is 6.41. The SMILES string of the molecule is CC(C)(C)C#Cc1ccc(-c2ccccc2[N+]2(C)C=CC(C(F)F)=N2)cc1. The van der Waals surface area contributed by atoms with Gasteiger partial charge in [-0.15, -0.1) is 4.59 Å². The monoisotopic (exact) mass is 365 g/mol. The molecule has 3 rings (SSSR count). The molecule has 0 saturated heterocycles. The lowest BCUT2D eigenvalue weighted by atomic mass is 9.97. The third-order valence-electron chi connectivity index (χ3n) is 4.25. The number of hydrogen-bond donors (Lipinski definition) is 0. The van der Waals surface area contributed by atoms with Gasteiger partial charge in [0.25, 0.3) is 6.43 Å². The van der Waals surface area contributed by atoms with Crippen molar-refractivity contribution in [3.05, 3.63) is 66.4 Å². The zero-order valence-electron chi connectivity index (χ0n) is 16.0. The Bertz CT molecular complexity index is 954. The molecular weight excluding hydrogens is 342 g/mol. The van der Waals surface area contributed by atoms with Gasteiger partial charge in [-0.1, -0.05) is 41.2 Å². The summed E-state index contributed by atoms with van der Waals surface area (Å²) in [6, 6.07) is 15.7. The van der Waals surface area contributed by atoms with Crippen molar-refractivity contribution < 1.29 is 8.78 Å². The van der Waals surface area contributed by atoms with Crippen molar-refractivity contribution in [1.29, 1.82) is 0 Å². The quantitative estimate of drug-likeness (QED) is 0.479. The molecule has 1 atom stereocenters. The van der Waals surface area contributed by atoms with Gasteiger partial charge in [0, 0.05) is 28.7 Å². The second-order valence-corrected chi connectivity index (χ2v) is 7.76. The molecule has 1 heterocycles. The zero-order valence-corrected chi connectivity index (χ0v) is 16.0. The summed E-state index contributed by atoms with van der Waals surface area (Å²) in [5.41, 5.74) is 3.51. The number of rotatable bonds is 3. The molecular formula is C23H23F2N2+. The minimum absolute atomic E-state index is 0.0264. The van der Waals surface area contributed by atoms with E-state index >= 15 is 0 Å². The highest BCUT2D eigenvalue weighted by Crippen LogP contribution is 2.36. The Kier molecular flexibility index (Phi) is 4.99. The largest absolute Gasteiger partial charge is 0.285 e. The van der Waals surface area contributed by atoms with Crippen molar-refractivity contribution in [1.82, 2.24) is 4.59 Å². The van der Waals surface area contributed by atoms with Gasteiger partial charge in [0.15, 0.2) is 11.4 Å². The van der Waals surface area contributed by atoms with Crippen LogP contribution in [0, 0.1) is 17.3 Å². The maximum absolute atomic E-state index is 13.0. The zero-order chi connectivity index (χ0) is 19.7. The van der Waals surface area contributed by atoms with Gasteiger partial charge in [-0.2, -0.15) is 0 Å². The van der Waals surface area contributed by atoms with Crippen molar-refractivity contribution in [3.63, 3.8) is 0 Å². The molecule has 27 heavy (non-hydrogen) atoms. The van der Waals surface area contributed by atoms with Gasteiger partial charge < -0.3 is 0 Å². The molecule has 0 fully saturated rings. The van der Waals surface area contributed by atoms with Crippen LogP contribution in [0.2, 0.25) is 0 Å². The Balaban J connectivity index is 1.98. The Hall–Kier alpha value is -2.77. The van der Waals surface area contributed by atoms with E-state index in [1.807, 2.05) is 48.5 Å². The number of para-hydroxylation sites is 1.